The number of unbranched alkanes of at least 4 members (excludes halogenated alkanes) is 54. The molecular weight excluding hydrogens is 1610 g/mol. The summed E-state index contributed by atoms with van der Waals surface area (Å²) in [5, 5.41) is 37.0. The number of aliphatic hydroxyl groups is 4. The minimum Gasteiger partial charge on any atom is -0.465 e. The van der Waals surface area contributed by atoms with Crippen molar-refractivity contribution in [1.29, 1.82) is 0 Å². The van der Waals surface area contributed by atoms with Crippen LogP contribution in [0.3, 0.4) is 0 Å². The number of rotatable bonds is 100. The molecule has 0 spiro atoms. The van der Waals surface area contributed by atoms with Crippen molar-refractivity contribution in [2.75, 3.05) is 105 Å². The minimum absolute atomic E-state index is 0.118. The molecular formula is C108H214N2O14Si2. The molecule has 0 rings (SSSR count). The van der Waals surface area contributed by atoms with Crippen molar-refractivity contribution in [1.82, 2.24) is 9.80 Å². The second kappa shape index (κ2) is 96.0. The molecule has 0 saturated heterocycles. The summed E-state index contributed by atoms with van der Waals surface area (Å²) in [7, 11) is -5.07. The smallest absolute Gasteiger partial charge is 0.333 e. The van der Waals surface area contributed by atoms with E-state index >= 15 is 0 Å². The first-order valence-corrected chi connectivity index (χ1v) is 59.6. The predicted molar refractivity (Wildman–Crippen MR) is 543 cm³/mol. The molecule has 126 heavy (non-hydrogen) atoms. The fraction of sp³-hybridized carbons (Fsp3) is 0.907. The van der Waals surface area contributed by atoms with E-state index in [4.69, 9.17) is 36.7 Å². The van der Waals surface area contributed by atoms with Gasteiger partial charge < -0.3 is 57.1 Å². The van der Waals surface area contributed by atoms with Crippen molar-refractivity contribution in [2.24, 2.45) is 10.8 Å². The van der Waals surface area contributed by atoms with Gasteiger partial charge >= 0.3 is 29.1 Å². The van der Waals surface area contributed by atoms with Crippen LogP contribution in [-0.2, 0) is 46.2 Å². The van der Waals surface area contributed by atoms with Gasteiger partial charge in [-0.05, 0) is 221 Å². The maximum Gasteiger partial charge on any atom is 0.333 e. The highest BCUT2D eigenvalue weighted by Crippen LogP contribution is 2.32. The zero-order valence-electron chi connectivity index (χ0n) is 85.5. The van der Waals surface area contributed by atoms with Gasteiger partial charge in [0.15, 0.2) is 12.6 Å². The van der Waals surface area contributed by atoms with Crippen molar-refractivity contribution in [3.05, 3.63) is 48.6 Å². The average Bonchev–Trinajstić information content (AvgIpc) is 0.853. The van der Waals surface area contributed by atoms with Crippen LogP contribution < -0.4 is 0 Å². The van der Waals surface area contributed by atoms with E-state index in [1.165, 1.54) is 308 Å². The van der Waals surface area contributed by atoms with Gasteiger partial charge in [0, 0.05) is 65.4 Å². The molecule has 0 aromatic rings. The monoisotopic (exact) mass is 1820 g/mol. The average molecular weight is 1820 g/mol. The quantitative estimate of drug-likeness (QED) is 0.0147. The molecule has 0 aliphatic rings. The van der Waals surface area contributed by atoms with E-state index < -0.39 is 40.5 Å². The van der Waals surface area contributed by atoms with Gasteiger partial charge in [-0.1, -0.05) is 333 Å². The molecule has 0 radical (unpaired) electrons. The lowest BCUT2D eigenvalue weighted by molar-refractivity contribution is -0.165. The summed E-state index contributed by atoms with van der Waals surface area (Å²) >= 11 is 0. The number of esters is 2. The van der Waals surface area contributed by atoms with Crippen LogP contribution in [0, 0.1) is 10.8 Å². The molecule has 0 saturated carbocycles. The van der Waals surface area contributed by atoms with Crippen molar-refractivity contribution >= 4 is 29.1 Å². The predicted octanol–water partition coefficient (Wildman–Crippen LogP) is 29.9. The molecule has 16 nitrogen and oxygen atoms in total. The van der Waals surface area contributed by atoms with Crippen LogP contribution in [0.1, 0.15) is 479 Å². The van der Waals surface area contributed by atoms with E-state index in [1.807, 2.05) is 27.7 Å². The maximum atomic E-state index is 13.4. The number of carbonyl (C=O) groups is 2. The summed E-state index contributed by atoms with van der Waals surface area (Å²) in [6.07, 6.45) is 97.9. The number of aliphatic hydroxyl groups excluding tert-OH is 4. The molecule has 18 heteroatoms. The van der Waals surface area contributed by atoms with Crippen LogP contribution in [0.15, 0.2) is 48.6 Å². The minimum atomic E-state index is -2.54. The second-order valence-electron chi connectivity index (χ2n) is 38.9. The Morgan fingerprint density at radius 1 is 0.262 bits per heavy atom. The molecule has 0 aromatic heterocycles. The second-order valence-corrected chi connectivity index (χ2v) is 45.6. The van der Waals surface area contributed by atoms with Crippen LogP contribution >= 0.6 is 0 Å². The fourth-order valence-corrected chi connectivity index (χ4v) is 19.0. The fourth-order valence-electron chi connectivity index (χ4n) is 16.0. The summed E-state index contributed by atoms with van der Waals surface area (Å²) in [4.78, 5) is 31.0. The van der Waals surface area contributed by atoms with Gasteiger partial charge in [0.05, 0.1) is 50.5 Å². The van der Waals surface area contributed by atoms with Crippen LogP contribution in [-0.4, -0.2) is 177 Å². The number of ether oxygens (including phenoxy) is 4. The van der Waals surface area contributed by atoms with E-state index in [-0.39, 0.29) is 38.4 Å². The van der Waals surface area contributed by atoms with Crippen LogP contribution in [0.25, 0.3) is 0 Å². The lowest BCUT2D eigenvalue weighted by Crippen LogP contribution is -2.43. The van der Waals surface area contributed by atoms with Gasteiger partial charge in [0.1, 0.15) is 0 Å². The molecule has 2 unspecified atom stereocenters. The lowest BCUT2D eigenvalue weighted by Gasteiger charge is -2.33. The third-order valence-electron chi connectivity index (χ3n) is 24.3. The van der Waals surface area contributed by atoms with Crippen molar-refractivity contribution in [3.8, 4) is 0 Å². The largest absolute Gasteiger partial charge is 0.465 e. The zero-order chi connectivity index (χ0) is 92.8. The van der Waals surface area contributed by atoms with Crippen LogP contribution in [0.2, 0.25) is 26.2 Å². The molecule has 0 aliphatic carbocycles. The number of carbonyl (C=O) groups excluding carboxylic acids is 2. The Morgan fingerprint density at radius 3 is 0.675 bits per heavy atom. The molecule has 0 aliphatic heterocycles. The number of nitrogens with zero attached hydrogens (tertiary/aromatic N) is 2. The van der Waals surface area contributed by atoms with Gasteiger partial charge in [-0.15, -0.1) is 0 Å². The van der Waals surface area contributed by atoms with Gasteiger partial charge in [-0.3, -0.25) is 19.4 Å². The first kappa shape index (κ1) is 126. The van der Waals surface area contributed by atoms with Gasteiger partial charge in [-0.2, -0.15) is 0 Å². The summed E-state index contributed by atoms with van der Waals surface area (Å²) in [5.74, 6) is -0.358. The van der Waals surface area contributed by atoms with Crippen molar-refractivity contribution in [3.63, 3.8) is 0 Å². The molecule has 748 valence electrons. The number of allylic oxidation sites excluding steroid dienone is 8. The van der Waals surface area contributed by atoms with E-state index in [0.29, 0.717) is 78.7 Å². The molecule has 0 amide bonds. The summed E-state index contributed by atoms with van der Waals surface area (Å²) in [6.45, 7) is 33.3. The molecule has 0 heterocycles. The highest BCUT2D eigenvalue weighted by atomic mass is 28.4. The molecule has 0 aromatic carbocycles. The Labute approximate surface area is 783 Å². The van der Waals surface area contributed by atoms with E-state index in [9.17, 15) is 30.0 Å². The lowest BCUT2D eigenvalue weighted by atomic mass is 9.89. The molecule has 0 fully saturated rings. The standard InChI is InChI=1S/2C54H107NO7Si/c2*1-7-9-11-13-15-17-19-21-23-25-27-29-31-33-36-40-48-59-52(62-63(5,6)61-50-42-38-35-39-43-55(44-46-56)45-47-57)51-54(3,4)53(58)60-49-41-37-34-32-30-28-26-24-22-20-18-16-14-12-10-8-2/h2*21-24,52,56-57H,7-20,25-51H2,1-6H3/b2*23-21-,24-22-. The highest BCUT2D eigenvalue weighted by molar-refractivity contribution is 6.64. The van der Waals surface area contributed by atoms with E-state index in [0.717, 1.165) is 116 Å². The third-order valence-corrected chi connectivity index (χ3v) is 27.7. The third kappa shape index (κ3) is 91.0. The van der Waals surface area contributed by atoms with Crippen molar-refractivity contribution < 1.29 is 66.7 Å². The Kier molecular flexibility index (Phi) is 95.9. The normalized spacial score (nSPS) is 13.0. The summed E-state index contributed by atoms with van der Waals surface area (Å²) in [6, 6.07) is 0. The van der Waals surface area contributed by atoms with Gasteiger partial charge in [0.25, 0.3) is 0 Å². The van der Waals surface area contributed by atoms with Crippen LogP contribution in [0.4, 0.5) is 0 Å². The Bertz CT molecular complexity index is 2190. The first-order valence-electron chi connectivity index (χ1n) is 53.9. The number of hydrogen-bond acceptors (Lipinski definition) is 16. The Balaban J connectivity index is 0. The SMILES string of the molecule is CCCCCCCC/C=C\CCCCCCCCOC(=O)C(C)(C)CC(OCCCCCCCC/C=C\CCCCCCCC)O[Si](C)(C)OCCCCCCN(CCO)CCO.CCCCCCCC/C=C\CCCCCCCCOC(=O)C(C)(C)CC(OCCCCCCCC/C=C\CCCCCCCC)O[Si](C)(C)OCCCCCCN(CCO)CCO. The van der Waals surface area contributed by atoms with Crippen molar-refractivity contribution in [2.45, 2.75) is 518 Å². The molecule has 4 N–H and O–H groups in total. The Hall–Kier alpha value is -2.15. The first-order chi connectivity index (χ1) is 61.2. The van der Waals surface area contributed by atoms with E-state index in [1.54, 1.807) is 0 Å². The topological polar surface area (TPSA) is 195 Å². The zero-order valence-corrected chi connectivity index (χ0v) is 87.5. The summed E-state index contributed by atoms with van der Waals surface area (Å²) in [5.41, 5.74) is -1.47. The summed E-state index contributed by atoms with van der Waals surface area (Å²) < 4.78 is 50.5. The Morgan fingerprint density at radius 2 is 0.452 bits per heavy atom. The van der Waals surface area contributed by atoms with Gasteiger partial charge in [-0.25, -0.2) is 0 Å². The van der Waals surface area contributed by atoms with Gasteiger partial charge in [0.2, 0.25) is 0 Å². The van der Waals surface area contributed by atoms with Crippen LogP contribution in [0.5, 0.6) is 0 Å². The maximum absolute atomic E-state index is 13.4. The highest BCUT2D eigenvalue weighted by Gasteiger charge is 2.39. The molecule has 0 bridgehead atoms. The number of hydrogen-bond donors (Lipinski definition) is 4. The molecule has 2 atom stereocenters. The van der Waals surface area contributed by atoms with E-state index in [2.05, 4.69) is 112 Å².